The van der Waals surface area contributed by atoms with E-state index in [2.05, 4.69) is 54.0 Å². The van der Waals surface area contributed by atoms with E-state index in [9.17, 15) is 24.3 Å². The molecule has 1 atom stereocenters. The SMILES string of the molecule is CCC(=C(c1ccc(O)cc1)c1ccc(OCCCOCCCOCCCNc2ccc3c(c2)C(=O)N(C2CCC(=O)NC2=O)C3=O)cc1)c1ccccc1. The number of phenols is 1. The highest BCUT2D eigenvalue weighted by molar-refractivity contribution is 6.23. The quantitative estimate of drug-likeness (QED) is 0.0533. The number of aromatic hydroxyl groups is 1. The molecule has 11 heteroatoms. The molecule has 0 aromatic heterocycles. The minimum atomic E-state index is -0.982. The Morgan fingerprint density at radius 1 is 0.745 bits per heavy atom. The first-order valence-corrected chi connectivity index (χ1v) is 18.9. The van der Waals surface area contributed by atoms with Crippen LogP contribution in [-0.2, 0) is 19.1 Å². The van der Waals surface area contributed by atoms with Gasteiger partial charge < -0.3 is 24.6 Å². The third-order valence-electron chi connectivity index (χ3n) is 9.59. The molecule has 55 heavy (non-hydrogen) atoms. The average molecular weight is 746 g/mol. The van der Waals surface area contributed by atoms with Gasteiger partial charge in [-0.2, -0.15) is 0 Å². The highest BCUT2D eigenvalue weighted by atomic mass is 16.5. The number of anilines is 1. The predicted molar refractivity (Wildman–Crippen MR) is 210 cm³/mol. The number of carbonyl (C=O) groups is 4. The number of fused-ring (bicyclic) bond motifs is 1. The fraction of sp³-hybridized carbons (Fsp3) is 0.318. The van der Waals surface area contributed by atoms with Gasteiger partial charge in [0.1, 0.15) is 17.5 Å². The second-order valence-corrected chi connectivity index (χ2v) is 13.4. The Labute approximate surface area is 321 Å². The van der Waals surface area contributed by atoms with E-state index in [-0.39, 0.29) is 29.7 Å². The van der Waals surface area contributed by atoms with Crippen molar-refractivity contribution in [1.29, 1.82) is 0 Å². The average Bonchev–Trinajstić information content (AvgIpc) is 3.44. The number of piperidine rings is 1. The molecule has 2 aliphatic rings. The molecule has 1 fully saturated rings. The third-order valence-corrected chi connectivity index (χ3v) is 9.59. The Balaban J connectivity index is 0.845. The highest BCUT2D eigenvalue weighted by Crippen LogP contribution is 2.36. The Morgan fingerprint density at radius 2 is 1.38 bits per heavy atom. The zero-order valence-corrected chi connectivity index (χ0v) is 31.1. The molecule has 4 amide bonds. The number of carbonyl (C=O) groups excluding carboxylic acids is 4. The highest BCUT2D eigenvalue weighted by Gasteiger charge is 2.44. The van der Waals surface area contributed by atoms with Crippen molar-refractivity contribution in [2.45, 2.75) is 51.5 Å². The molecule has 4 aromatic rings. The normalized spacial score (nSPS) is 15.8. The molecule has 6 rings (SSSR count). The van der Waals surface area contributed by atoms with Gasteiger partial charge in [0.25, 0.3) is 11.8 Å². The second kappa shape index (κ2) is 19.0. The largest absolute Gasteiger partial charge is 0.508 e. The van der Waals surface area contributed by atoms with Gasteiger partial charge in [0.15, 0.2) is 0 Å². The van der Waals surface area contributed by atoms with E-state index in [0.717, 1.165) is 53.0 Å². The lowest BCUT2D eigenvalue weighted by molar-refractivity contribution is -0.136. The molecule has 2 aliphatic heterocycles. The maximum Gasteiger partial charge on any atom is 0.262 e. The summed E-state index contributed by atoms with van der Waals surface area (Å²) < 4.78 is 17.5. The van der Waals surface area contributed by atoms with Crippen LogP contribution in [0.4, 0.5) is 5.69 Å². The molecule has 0 bridgehead atoms. The summed E-state index contributed by atoms with van der Waals surface area (Å²) in [5.41, 5.74) is 6.85. The van der Waals surface area contributed by atoms with Crippen molar-refractivity contribution in [3.05, 3.63) is 125 Å². The van der Waals surface area contributed by atoms with Crippen molar-refractivity contribution < 1.29 is 38.5 Å². The smallest absolute Gasteiger partial charge is 0.262 e. The van der Waals surface area contributed by atoms with Gasteiger partial charge in [-0.1, -0.05) is 61.5 Å². The fourth-order valence-corrected chi connectivity index (χ4v) is 6.83. The van der Waals surface area contributed by atoms with Crippen molar-refractivity contribution in [3.63, 3.8) is 0 Å². The van der Waals surface area contributed by atoms with Crippen molar-refractivity contribution in [1.82, 2.24) is 10.2 Å². The maximum absolute atomic E-state index is 13.0. The van der Waals surface area contributed by atoms with E-state index < -0.39 is 29.7 Å². The molecule has 4 aromatic carbocycles. The number of hydrogen-bond acceptors (Lipinski definition) is 9. The number of allylic oxidation sites excluding steroid dienone is 1. The molecule has 1 saturated heterocycles. The van der Waals surface area contributed by atoms with Crippen molar-refractivity contribution in [3.8, 4) is 11.5 Å². The topological polar surface area (TPSA) is 144 Å². The van der Waals surface area contributed by atoms with Gasteiger partial charge in [0.05, 0.1) is 17.7 Å². The molecule has 286 valence electrons. The summed E-state index contributed by atoms with van der Waals surface area (Å²) >= 11 is 0. The molecule has 3 N–H and O–H groups in total. The van der Waals surface area contributed by atoms with E-state index in [1.165, 1.54) is 11.1 Å². The van der Waals surface area contributed by atoms with E-state index in [4.69, 9.17) is 14.2 Å². The molecule has 0 radical (unpaired) electrons. The Morgan fingerprint density at radius 3 is 2.05 bits per heavy atom. The van der Waals surface area contributed by atoms with Crippen LogP contribution < -0.4 is 15.4 Å². The molecule has 0 spiro atoms. The standard InChI is InChI=1S/C44H47N3O8/c1-2-36(30-9-4-3-5-10-30)41(31-11-16-34(48)17-12-31)32-13-18-35(19-14-32)55-28-8-27-54-26-7-25-53-24-6-23-45-33-15-20-37-38(29-33)44(52)47(43(37)51)39-21-22-40(49)46-42(39)50/h3-5,9-20,29,39,45,48H,2,6-8,21-28H2,1H3,(H,46,49,50). The number of benzene rings is 4. The van der Waals surface area contributed by atoms with Gasteiger partial charge in [-0.25, -0.2) is 0 Å². The molecule has 0 aliphatic carbocycles. The summed E-state index contributed by atoms with van der Waals surface area (Å²) in [6.45, 7) is 5.64. The van der Waals surface area contributed by atoms with Crippen LogP contribution in [-0.4, -0.2) is 79.3 Å². The Hall–Kier alpha value is -5.78. The Kier molecular flexibility index (Phi) is 13.5. The summed E-state index contributed by atoms with van der Waals surface area (Å²) in [6, 6.07) is 29.9. The van der Waals surface area contributed by atoms with Crippen LogP contribution in [0.5, 0.6) is 11.5 Å². The monoisotopic (exact) mass is 745 g/mol. The van der Waals surface area contributed by atoms with Gasteiger partial charge >= 0.3 is 0 Å². The van der Waals surface area contributed by atoms with Gasteiger partial charge in [0.2, 0.25) is 11.8 Å². The lowest BCUT2D eigenvalue weighted by Gasteiger charge is -2.27. The number of ether oxygens (including phenoxy) is 3. The number of rotatable bonds is 19. The lowest BCUT2D eigenvalue weighted by Crippen LogP contribution is -2.54. The van der Waals surface area contributed by atoms with E-state index in [1.807, 2.05) is 30.3 Å². The maximum atomic E-state index is 13.0. The number of hydrogen-bond donors (Lipinski definition) is 3. The van der Waals surface area contributed by atoms with Gasteiger partial charge in [0, 0.05) is 51.5 Å². The van der Waals surface area contributed by atoms with Crippen LogP contribution in [0, 0.1) is 0 Å². The fourth-order valence-electron chi connectivity index (χ4n) is 6.83. The van der Waals surface area contributed by atoms with Crippen molar-refractivity contribution in [2.24, 2.45) is 0 Å². The molecular weight excluding hydrogens is 698 g/mol. The first-order chi connectivity index (χ1) is 26.8. The third kappa shape index (κ3) is 9.86. The van der Waals surface area contributed by atoms with E-state index in [0.29, 0.717) is 45.3 Å². The van der Waals surface area contributed by atoms with Crippen molar-refractivity contribution >= 4 is 40.5 Å². The van der Waals surface area contributed by atoms with Crippen LogP contribution >= 0.6 is 0 Å². The first kappa shape index (κ1) is 38.9. The number of nitrogens with one attached hydrogen (secondary N) is 2. The van der Waals surface area contributed by atoms with Crippen LogP contribution in [0.2, 0.25) is 0 Å². The van der Waals surface area contributed by atoms with Crippen LogP contribution in [0.25, 0.3) is 11.1 Å². The first-order valence-electron chi connectivity index (χ1n) is 18.9. The summed E-state index contributed by atoms with van der Waals surface area (Å²) in [5.74, 6) is -1.04. The Bertz CT molecular complexity index is 1990. The predicted octanol–water partition coefficient (Wildman–Crippen LogP) is 6.86. The van der Waals surface area contributed by atoms with Crippen LogP contribution in [0.15, 0.2) is 97.1 Å². The lowest BCUT2D eigenvalue weighted by atomic mass is 9.88. The molecule has 2 heterocycles. The number of imide groups is 2. The molecule has 1 unspecified atom stereocenters. The summed E-state index contributed by atoms with van der Waals surface area (Å²) in [4.78, 5) is 50.6. The zero-order valence-electron chi connectivity index (χ0n) is 31.1. The summed E-state index contributed by atoms with van der Waals surface area (Å²) in [6.07, 6.45) is 3.34. The van der Waals surface area contributed by atoms with E-state index >= 15 is 0 Å². The van der Waals surface area contributed by atoms with Gasteiger partial charge in [-0.15, -0.1) is 0 Å². The van der Waals surface area contributed by atoms with Crippen LogP contribution in [0.1, 0.15) is 82.9 Å². The summed E-state index contributed by atoms with van der Waals surface area (Å²) in [7, 11) is 0. The number of phenolic OH excluding ortho intramolecular Hbond substituents is 1. The summed E-state index contributed by atoms with van der Waals surface area (Å²) in [5, 5.41) is 15.4. The van der Waals surface area contributed by atoms with Gasteiger partial charge in [-0.05, 0) is 96.0 Å². The minimum Gasteiger partial charge on any atom is -0.508 e. The number of amides is 4. The van der Waals surface area contributed by atoms with Gasteiger partial charge in [-0.3, -0.25) is 29.4 Å². The minimum absolute atomic E-state index is 0.0825. The van der Waals surface area contributed by atoms with Crippen molar-refractivity contribution in [2.75, 3.05) is 44.9 Å². The molecule has 0 saturated carbocycles. The van der Waals surface area contributed by atoms with E-state index in [1.54, 1.807) is 30.3 Å². The zero-order chi connectivity index (χ0) is 38.6. The molecule has 11 nitrogen and oxygen atoms in total. The number of nitrogens with zero attached hydrogens (tertiary/aromatic N) is 1. The second-order valence-electron chi connectivity index (χ2n) is 13.4. The van der Waals surface area contributed by atoms with Crippen LogP contribution in [0.3, 0.4) is 0 Å². The molecular formula is C44H47N3O8.